The smallest absolute Gasteiger partial charge is 0.266 e. The topological polar surface area (TPSA) is 71.5 Å². The number of unbranched alkanes of at least 4 members (excludes halogenated alkanes) is 1. The van der Waals surface area contributed by atoms with Crippen molar-refractivity contribution in [3.63, 3.8) is 0 Å². The number of carbonyl (C=O) groups excluding carboxylic acids is 2. The van der Waals surface area contributed by atoms with Crippen LogP contribution in [0.2, 0.25) is 5.02 Å². The lowest BCUT2D eigenvalue weighted by molar-refractivity contribution is -0.126. The molecule has 0 radical (unpaired) electrons. The van der Waals surface area contributed by atoms with Gasteiger partial charge >= 0.3 is 0 Å². The molecule has 2 unspecified atom stereocenters. The number of ether oxygens (including phenoxy) is 1. The van der Waals surface area contributed by atoms with Crippen molar-refractivity contribution in [2.45, 2.75) is 59.1 Å². The number of aromatic nitrogens is 1. The number of hydrogen-bond acceptors (Lipinski definition) is 5. The minimum absolute atomic E-state index is 0.0497. The fraction of sp³-hybridized carbons (Fsp3) is 0.522. The zero-order chi connectivity index (χ0) is 22.4. The van der Waals surface area contributed by atoms with Crippen molar-refractivity contribution in [2.24, 2.45) is 5.92 Å². The van der Waals surface area contributed by atoms with Crippen LogP contribution in [0.3, 0.4) is 0 Å². The zero-order valence-corrected chi connectivity index (χ0v) is 19.9. The monoisotopic (exact) mass is 463 g/mol. The first-order valence-electron chi connectivity index (χ1n) is 10.8. The number of amides is 2. The van der Waals surface area contributed by atoms with Gasteiger partial charge in [0.25, 0.3) is 5.91 Å². The maximum atomic E-state index is 13.3. The number of piperidine rings is 1. The van der Waals surface area contributed by atoms with Crippen LogP contribution in [-0.2, 0) is 11.4 Å². The minimum atomic E-state index is -0.155. The SMILES string of the molecule is CCCCNC(=O)C1CCC(C)N(C(=O)c2sc(COc3ccc(Cl)cc3)nc2C)C1. The first kappa shape index (κ1) is 23.5. The van der Waals surface area contributed by atoms with E-state index in [1.807, 2.05) is 18.7 Å². The van der Waals surface area contributed by atoms with Crippen LogP contribution in [0.15, 0.2) is 24.3 Å². The Kier molecular flexibility index (Phi) is 8.32. The summed E-state index contributed by atoms with van der Waals surface area (Å²) in [5.41, 5.74) is 0.700. The summed E-state index contributed by atoms with van der Waals surface area (Å²) >= 11 is 7.26. The Bertz CT molecular complexity index is 900. The van der Waals surface area contributed by atoms with Crippen LogP contribution in [0.25, 0.3) is 0 Å². The van der Waals surface area contributed by atoms with Crippen molar-refractivity contribution >= 4 is 34.8 Å². The Balaban J connectivity index is 1.63. The number of nitrogens with zero attached hydrogens (tertiary/aromatic N) is 2. The predicted molar refractivity (Wildman–Crippen MR) is 124 cm³/mol. The Hall–Kier alpha value is -2.12. The largest absolute Gasteiger partial charge is 0.486 e. The van der Waals surface area contributed by atoms with Gasteiger partial charge in [0, 0.05) is 24.2 Å². The molecule has 8 heteroatoms. The summed E-state index contributed by atoms with van der Waals surface area (Å²) in [7, 11) is 0. The van der Waals surface area contributed by atoms with Crippen LogP contribution in [0.1, 0.15) is 59.9 Å². The number of halogens is 1. The third-order valence-corrected chi connectivity index (χ3v) is 6.93. The fourth-order valence-electron chi connectivity index (χ4n) is 3.66. The normalized spacial score (nSPS) is 18.6. The van der Waals surface area contributed by atoms with Crippen LogP contribution in [0.4, 0.5) is 0 Å². The van der Waals surface area contributed by atoms with Gasteiger partial charge in [-0.25, -0.2) is 4.98 Å². The maximum Gasteiger partial charge on any atom is 0.266 e. The molecule has 0 aliphatic carbocycles. The highest BCUT2D eigenvalue weighted by Crippen LogP contribution is 2.28. The molecule has 168 valence electrons. The van der Waals surface area contributed by atoms with Crippen molar-refractivity contribution in [3.8, 4) is 5.75 Å². The first-order valence-corrected chi connectivity index (χ1v) is 12.0. The first-order chi connectivity index (χ1) is 14.9. The number of aryl methyl sites for hydroxylation is 1. The molecule has 1 saturated heterocycles. The van der Waals surface area contributed by atoms with Crippen LogP contribution in [0.5, 0.6) is 5.75 Å². The zero-order valence-electron chi connectivity index (χ0n) is 18.3. The van der Waals surface area contributed by atoms with Gasteiger partial charge in [-0.2, -0.15) is 0 Å². The van der Waals surface area contributed by atoms with E-state index in [9.17, 15) is 9.59 Å². The highest BCUT2D eigenvalue weighted by Gasteiger charge is 2.34. The van der Waals surface area contributed by atoms with Crippen LogP contribution >= 0.6 is 22.9 Å². The van der Waals surface area contributed by atoms with Gasteiger partial charge < -0.3 is 15.0 Å². The molecule has 2 atom stereocenters. The Morgan fingerprint density at radius 3 is 2.74 bits per heavy atom. The lowest BCUT2D eigenvalue weighted by Gasteiger charge is -2.37. The molecule has 1 N–H and O–H groups in total. The molecule has 2 heterocycles. The van der Waals surface area contributed by atoms with Crippen molar-refractivity contribution in [3.05, 3.63) is 44.9 Å². The molecular weight excluding hydrogens is 434 g/mol. The molecule has 1 aromatic heterocycles. The molecule has 3 rings (SSSR count). The van der Waals surface area contributed by atoms with E-state index in [1.54, 1.807) is 24.3 Å². The Morgan fingerprint density at radius 1 is 1.29 bits per heavy atom. The van der Waals surface area contributed by atoms with Gasteiger partial charge in [0.15, 0.2) is 0 Å². The molecule has 0 saturated carbocycles. The molecule has 6 nitrogen and oxygen atoms in total. The van der Waals surface area contributed by atoms with Crippen molar-refractivity contribution in [2.75, 3.05) is 13.1 Å². The van der Waals surface area contributed by atoms with Gasteiger partial charge in [-0.1, -0.05) is 24.9 Å². The molecule has 0 spiro atoms. The van der Waals surface area contributed by atoms with Crippen molar-refractivity contribution < 1.29 is 14.3 Å². The molecule has 0 bridgehead atoms. The number of rotatable bonds is 8. The summed E-state index contributed by atoms with van der Waals surface area (Å²) in [6, 6.07) is 7.24. The molecule has 2 aromatic rings. The van der Waals surface area contributed by atoms with E-state index in [4.69, 9.17) is 16.3 Å². The summed E-state index contributed by atoms with van der Waals surface area (Å²) in [6.45, 7) is 7.43. The average molecular weight is 464 g/mol. The molecule has 31 heavy (non-hydrogen) atoms. The lowest BCUT2D eigenvalue weighted by atomic mass is 9.92. The minimum Gasteiger partial charge on any atom is -0.486 e. The van der Waals surface area contributed by atoms with Gasteiger partial charge in [-0.05, 0) is 57.4 Å². The van der Waals surface area contributed by atoms with Gasteiger partial charge in [0.1, 0.15) is 22.2 Å². The van der Waals surface area contributed by atoms with Crippen molar-refractivity contribution in [1.29, 1.82) is 0 Å². The number of benzene rings is 1. The molecule has 2 amide bonds. The second kappa shape index (κ2) is 11.0. The van der Waals surface area contributed by atoms with Crippen LogP contribution < -0.4 is 10.1 Å². The Morgan fingerprint density at radius 2 is 2.03 bits per heavy atom. The van der Waals surface area contributed by atoms with E-state index in [1.165, 1.54) is 11.3 Å². The second-order valence-electron chi connectivity index (χ2n) is 7.99. The van der Waals surface area contributed by atoms with Gasteiger partial charge in [0.2, 0.25) is 5.91 Å². The standard InChI is InChI=1S/C23H30ClN3O3S/c1-4-5-12-25-22(28)17-7-6-15(2)27(13-17)23(29)21-16(3)26-20(31-21)14-30-19-10-8-18(24)9-11-19/h8-11,15,17H,4-7,12-14H2,1-3H3,(H,25,28). The van der Waals surface area contributed by atoms with E-state index >= 15 is 0 Å². The predicted octanol–water partition coefficient (Wildman–Crippen LogP) is 4.84. The number of nitrogens with one attached hydrogen (secondary N) is 1. The number of hydrogen-bond donors (Lipinski definition) is 1. The summed E-state index contributed by atoms with van der Waals surface area (Å²) < 4.78 is 5.77. The third-order valence-electron chi connectivity index (χ3n) is 5.55. The van der Waals surface area contributed by atoms with E-state index in [2.05, 4.69) is 17.2 Å². The van der Waals surface area contributed by atoms with E-state index in [-0.39, 0.29) is 23.8 Å². The summed E-state index contributed by atoms with van der Waals surface area (Å²) in [6.07, 6.45) is 3.65. The molecule has 1 aliphatic heterocycles. The number of thiazole rings is 1. The molecule has 1 aliphatic rings. The lowest BCUT2D eigenvalue weighted by Crippen LogP contribution is -2.49. The Labute approximate surface area is 193 Å². The summed E-state index contributed by atoms with van der Waals surface area (Å²) in [5.74, 6) is 0.548. The summed E-state index contributed by atoms with van der Waals surface area (Å²) in [5, 5.41) is 4.40. The quantitative estimate of drug-likeness (QED) is 0.568. The highest BCUT2D eigenvalue weighted by atomic mass is 35.5. The maximum absolute atomic E-state index is 13.3. The number of likely N-dealkylation sites (tertiary alicyclic amines) is 1. The van der Waals surface area contributed by atoms with Crippen LogP contribution in [0, 0.1) is 12.8 Å². The van der Waals surface area contributed by atoms with E-state index in [0.29, 0.717) is 41.0 Å². The average Bonchev–Trinajstić information content (AvgIpc) is 3.13. The number of carbonyl (C=O) groups is 2. The van der Waals surface area contributed by atoms with Crippen molar-refractivity contribution in [1.82, 2.24) is 15.2 Å². The van der Waals surface area contributed by atoms with E-state index in [0.717, 1.165) is 30.7 Å². The summed E-state index contributed by atoms with van der Waals surface area (Å²) in [4.78, 5) is 32.8. The molecule has 1 fully saturated rings. The molecule has 1 aromatic carbocycles. The molecular formula is C23H30ClN3O3S. The van der Waals surface area contributed by atoms with Gasteiger partial charge in [0.05, 0.1) is 11.6 Å². The third kappa shape index (κ3) is 6.20. The van der Waals surface area contributed by atoms with Crippen LogP contribution in [-0.4, -0.2) is 40.8 Å². The van der Waals surface area contributed by atoms with E-state index < -0.39 is 0 Å². The van der Waals surface area contributed by atoms with Gasteiger partial charge in [-0.3, -0.25) is 9.59 Å². The fourth-order valence-corrected chi connectivity index (χ4v) is 4.72. The highest BCUT2D eigenvalue weighted by molar-refractivity contribution is 7.13. The second-order valence-corrected chi connectivity index (χ2v) is 9.51. The van der Waals surface area contributed by atoms with Gasteiger partial charge in [-0.15, -0.1) is 11.3 Å².